The summed E-state index contributed by atoms with van der Waals surface area (Å²) >= 11 is 0. The van der Waals surface area contributed by atoms with Crippen molar-refractivity contribution >= 4 is 0 Å². The number of methoxy groups -OCH3 is 1. The molecule has 2 atom stereocenters. The molecule has 2 heteroatoms. The van der Waals surface area contributed by atoms with Crippen LogP contribution in [0.4, 0.5) is 0 Å². The van der Waals surface area contributed by atoms with Crippen molar-refractivity contribution in [2.24, 2.45) is 0 Å². The Hall–Kier alpha value is -0.860. The van der Waals surface area contributed by atoms with E-state index in [0.717, 1.165) is 18.8 Å². The van der Waals surface area contributed by atoms with Gasteiger partial charge >= 0.3 is 0 Å². The molecule has 0 aromatic heterocycles. The normalized spacial score (nSPS) is 18.9. The van der Waals surface area contributed by atoms with Crippen LogP contribution < -0.4 is 5.32 Å². The number of benzene rings is 1. The molecular formula is C17H27NO. The number of hydrogen-bond acceptors (Lipinski definition) is 2. The van der Waals surface area contributed by atoms with Crippen LogP contribution in [0.1, 0.15) is 62.1 Å². The Bertz CT molecular complexity index is 387. The Balaban J connectivity index is 2.08. The SMILES string of the molecule is CNC(CCC(C)OC)c1ccccc1C1CCC1. The molecule has 0 spiro atoms. The summed E-state index contributed by atoms with van der Waals surface area (Å²) in [6.07, 6.45) is 6.69. The number of hydrogen-bond donors (Lipinski definition) is 1. The predicted octanol–water partition coefficient (Wildman–Crippen LogP) is 4.03. The van der Waals surface area contributed by atoms with Gasteiger partial charge in [0.15, 0.2) is 0 Å². The molecule has 1 saturated carbocycles. The van der Waals surface area contributed by atoms with Crippen molar-refractivity contribution in [3.8, 4) is 0 Å². The molecular weight excluding hydrogens is 234 g/mol. The molecule has 1 aliphatic rings. The van der Waals surface area contributed by atoms with Crippen LogP contribution in [-0.4, -0.2) is 20.3 Å². The van der Waals surface area contributed by atoms with E-state index in [9.17, 15) is 0 Å². The highest BCUT2D eigenvalue weighted by Crippen LogP contribution is 2.40. The highest BCUT2D eigenvalue weighted by Gasteiger charge is 2.24. The van der Waals surface area contributed by atoms with Crippen LogP contribution in [-0.2, 0) is 4.74 Å². The third kappa shape index (κ3) is 3.58. The minimum atomic E-state index is 0.340. The largest absolute Gasteiger partial charge is 0.382 e. The van der Waals surface area contributed by atoms with Crippen molar-refractivity contribution in [3.63, 3.8) is 0 Å². The molecule has 1 aromatic rings. The minimum Gasteiger partial charge on any atom is -0.382 e. The summed E-state index contributed by atoms with van der Waals surface area (Å²) in [6, 6.07) is 9.42. The van der Waals surface area contributed by atoms with E-state index in [4.69, 9.17) is 4.74 Å². The lowest BCUT2D eigenvalue weighted by molar-refractivity contribution is 0.106. The average molecular weight is 261 g/mol. The van der Waals surface area contributed by atoms with Gasteiger partial charge in [-0.05, 0) is 56.7 Å². The molecule has 2 unspecified atom stereocenters. The third-order valence-corrected chi connectivity index (χ3v) is 4.53. The molecule has 1 aromatic carbocycles. The summed E-state index contributed by atoms with van der Waals surface area (Å²) < 4.78 is 5.36. The zero-order valence-electron chi connectivity index (χ0n) is 12.5. The van der Waals surface area contributed by atoms with Gasteiger partial charge in [0.1, 0.15) is 0 Å². The van der Waals surface area contributed by atoms with E-state index >= 15 is 0 Å². The van der Waals surface area contributed by atoms with Gasteiger partial charge in [-0.1, -0.05) is 30.7 Å². The van der Waals surface area contributed by atoms with E-state index in [1.54, 1.807) is 12.7 Å². The third-order valence-electron chi connectivity index (χ3n) is 4.53. The van der Waals surface area contributed by atoms with Gasteiger partial charge in [-0.15, -0.1) is 0 Å². The van der Waals surface area contributed by atoms with Gasteiger partial charge in [0.2, 0.25) is 0 Å². The van der Waals surface area contributed by atoms with E-state index in [1.165, 1.54) is 24.8 Å². The lowest BCUT2D eigenvalue weighted by Gasteiger charge is -2.30. The maximum absolute atomic E-state index is 5.36. The molecule has 1 aliphatic carbocycles. The smallest absolute Gasteiger partial charge is 0.0543 e. The first-order valence-corrected chi connectivity index (χ1v) is 7.55. The highest BCUT2D eigenvalue weighted by atomic mass is 16.5. The van der Waals surface area contributed by atoms with Crippen molar-refractivity contribution in [1.29, 1.82) is 0 Å². The van der Waals surface area contributed by atoms with Crippen LogP contribution >= 0.6 is 0 Å². The molecule has 1 fully saturated rings. The number of rotatable bonds is 7. The van der Waals surface area contributed by atoms with E-state index in [0.29, 0.717) is 12.1 Å². The van der Waals surface area contributed by atoms with E-state index < -0.39 is 0 Å². The first-order chi connectivity index (χ1) is 9.26. The molecule has 106 valence electrons. The van der Waals surface area contributed by atoms with Gasteiger partial charge in [0.25, 0.3) is 0 Å². The Morgan fingerprint density at radius 1 is 1.26 bits per heavy atom. The second-order valence-corrected chi connectivity index (χ2v) is 5.72. The van der Waals surface area contributed by atoms with E-state index in [1.807, 2.05) is 0 Å². The summed E-state index contributed by atoms with van der Waals surface area (Å²) in [6.45, 7) is 2.14. The zero-order chi connectivity index (χ0) is 13.7. The van der Waals surface area contributed by atoms with Crippen molar-refractivity contribution in [3.05, 3.63) is 35.4 Å². The maximum Gasteiger partial charge on any atom is 0.0543 e. The summed E-state index contributed by atoms with van der Waals surface area (Å²) in [5, 5.41) is 3.49. The van der Waals surface area contributed by atoms with Gasteiger partial charge in [0.05, 0.1) is 6.10 Å². The topological polar surface area (TPSA) is 21.3 Å². The number of ether oxygens (including phenoxy) is 1. The summed E-state index contributed by atoms with van der Waals surface area (Å²) in [4.78, 5) is 0. The summed E-state index contributed by atoms with van der Waals surface area (Å²) in [5.74, 6) is 0.798. The van der Waals surface area contributed by atoms with Gasteiger partial charge < -0.3 is 10.1 Å². The Labute approximate surface area is 117 Å². The molecule has 0 saturated heterocycles. The van der Waals surface area contributed by atoms with E-state index in [-0.39, 0.29) is 0 Å². The summed E-state index contributed by atoms with van der Waals surface area (Å²) in [5.41, 5.74) is 3.07. The van der Waals surface area contributed by atoms with Crippen LogP contribution in [0.3, 0.4) is 0 Å². The fraction of sp³-hybridized carbons (Fsp3) is 0.647. The molecule has 2 rings (SSSR count). The molecule has 19 heavy (non-hydrogen) atoms. The average Bonchev–Trinajstić information content (AvgIpc) is 2.38. The number of nitrogens with one attached hydrogen (secondary N) is 1. The van der Waals surface area contributed by atoms with Gasteiger partial charge in [-0.3, -0.25) is 0 Å². The predicted molar refractivity (Wildman–Crippen MR) is 80.5 cm³/mol. The second kappa shape index (κ2) is 7.06. The first kappa shape index (κ1) is 14.5. The zero-order valence-corrected chi connectivity index (χ0v) is 12.5. The van der Waals surface area contributed by atoms with Crippen LogP contribution in [0.5, 0.6) is 0 Å². The second-order valence-electron chi connectivity index (χ2n) is 5.72. The minimum absolute atomic E-state index is 0.340. The highest BCUT2D eigenvalue weighted by molar-refractivity contribution is 5.34. The van der Waals surface area contributed by atoms with Gasteiger partial charge in [0, 0.05) is 13.2 Å². The molecule has 0 amide bonds. The molecule has 0 radical (unpaired) electrons. The standard InChI is InChI=1S/C17H27NO/c1-13(19-3)11-12-17(18-2)16-10-5-4-9-15(16)14-7-6-8-14/h4-5,9-10,13-14,17-18H,6-8,11-12H2,1-3H3. The maximum atomic E-state index is 5.36. The Morgan fingerprint density at radius 2 is 2.00 bits per heavy atom. The monoisotopic (exact) mass is 261 g/mol. The lowest BCUT2D eigenvalue weighted by Crippen LogP contribution is -2.22. The van der Waals surface area contributed by atoms with Gasteiger partial charge in [-0.25, -0.2) is 0 Å². The summed E-state index contributed by atoms with van der Waals surface area (Å²) in [7, 11) is 3.86. The van der Waals surface area contributed by atoms with E-state index in [2.05, 4.69) is 43.6 Å². The van der Waals surface area contributed by atoms with Crippen molar-refractivity contribution in [2.45, 2.75) is 57.1 Å². The van der Waals surface area contributed by atoms with Crippen molar-refractivity contribution in [1.82, 2.24) is 5.32 Å². The molecule has 1 N–H and O–H groups in total. The van der Waals surface area contributed by atoms with Crippen LogP contribution in [0.25, 0.3) is 0 Å². The Morgan fingerprint density at radius 3 is 2.58 bits per heavy atom. The molecule has 0 heterocycles. The van der Waals surface area contributed by atoms with Gasteiger partial charge in [-0.2, -0.15) is 0 Å². The molecule has 2 nitrogen and oxygen atoms in total. The Kier molecular flexibility index (Phi) is 5.41. The lowest BCUT2D eigenvalue weighted by atomic mass is 9.77. The quantitative estimate of drug-likeness (QED) is 0.800. The molecule has 0 aliphatic heterocycles. The van der Waals surface area contributed by atoms with Crippen molar-refractivity contribution < 1.29 is 4.74 Å². The molecule has 0 bridgehead atoms. The van der Waals surface area contributed by atoms with Crippen LogP contribution in [0, 0.1) is 0 Å². The van der Waals surface area contributed by atoms with Crippen LogP contribution in [0.15, 0.2) is 24.3 Å². The fourth-order valence-electron chi connectivity index (χ4n) is 2.89. The first-order valence-electron chi connectivity index (χ1n) is 7.55. The van der Waals surface area contributed by atoms with Crippen molar-refractivity contribution in [2.75, 3.05) is 14.2 Å². The van der Waals surface area contributed by atoms with Crippen LogP contribution in [0.2, 0.25) is 0 Å². The fourth-order valence-corrected chi connectivity index (χ4v) is 2.89.